The highest BCUT2D eigenvalue weighted by atomic mass is 15.1. The summed E-state index contributed by atoms with van der Waals surface area (Å²) in [5, 5.41) is 0. The number of rotatable bonds is 4. The third-order valence-electron chi connectivity index (χ3n) is 3.89. The highest BCUT2D eigenvalue weighted by Crippen LogP contribution is 2.29. The first-order chi connectivity index (χ1) is 8.20. The average Bonchev–Trinajstić information content (AvgIpc) is 2.80. The topological polar surface area (TPSA) is 42.1 Å². The Morgan fingerprint density at radius 1 is 1.41 bits per heavy atom. The molecule has 0 saturated heterocycles. The molecule has 2 N–H and O–H groups in total. The van der Waals surface area contributed by atoms with E-state index in [9.17, 15) is 0 Å². The van der Waals surface area contributed by atoms with Crippen molar-refractivity contribution in [3.8, 4) is 0 Å². The Morgan fingerprint density at radius 3 is 2.88 bits per heavy atom. The highest BCUT2D eigenvalue weighted by Gasteiger charge is 2.29. The molecule has 2 unspecified atom stereocenters. The molecule has 2 atom stereocenters. The Morgan fingerprint density at radius 2 is 2.24 bits per heavy atom. The van der Waals surface area contributed by atoms with E-state index in [1.165, 1.54) is 24.8 Å². The van der Waals surface area contributed by atoms with Crippen LogP contribution in [0.4, 0.5) is 0 Å². The first-order valence-electron chi connectivity index (χ1n) is 6.52. The van der Waals surface area contributed by atoms with Crippen molar-refractivity contribution in [3.05, 3.63) is 29.6 Å². The second-order valence-electron chi connectivity index (χ2n) is 5.22. The molecule has 94 valence electrons. The minimum Gasteiger partial charge on any atom is -0.330 e. The third kappa shape index (κ3) is 3.05. The normalized spacial score (nSPS) is 24.5. The van der Waals surface area contributed by atoms with Crippen molar-refractivity contribution in [3.63, 3.8) is 0 Å². The standard InChI is InChI=1S/C14H23N3/c1-11-6-7-12(9-16-11)10-17(2)14-5-3-4-13(14)8-15/h6-7,9,13-14H,3-5,8,10,15H2,1-2H3. The molecule has 1 aromatic rings. The van der Waals surface area contributed by atoms with Gasteiger partial charge in [-0.1, -0.05) is 12.5 Å². The van der Waals surface area contributed by atoms with E-state index in [1.807, 2.05) is 13.1 Å². The quantitative estimate of drug-likeness (QED) is 0.864. The maximum atomic E-state index is 5.84. The largest absolute Gasteiger partial charge is 0.330 e. The van der Waals surface area contributed by atoms with E-state index < -0.39 is 0 Å². The molecule has 0 aliphatic heterocycles. The molecule has 1 heterocycles. The number of nitrogens with zero attached hydrogens (tertiary/aromatic N) is 2. The lowest BCUT2D eigenvalue weighted by Crippen LogP contribution is -2.37. The van der Waals surface area contributed by atoms with Gasteiger partial charge in [0.2, 0.25) is 0 Å². The Labute approximate surface area is 104 Å². The van der Waals surface area contributed by atoms with Crippen molar-refractivity contribution in [2.24, 2.45) is 11.7 Å². The average molecular weight is 233 g/mol. The van der Waals surface area contributed by atoms with Gasteiger partial charge in [-0.25, -0.2) is 0 Å². The van der Waals surface area contributed by atoms with Gasteiger partial charge in [-0.05, 0) is 50.9 Å². The van der Waals surface area contributed by atoms with E-state index in [0.717, 1.165) is 18.8 Å². The van der Waals surface area contributed by atoms with Crippen LogP contribution in [0.5, 0.6) is 0 Å². The zero-order valence-electron chi connectivity index (χ0n) is 10.9. The molecule has 1 aromatic heterocycles. The summed E-state index contributed by atoms with van der Waals surface area (Å²) in [6.45, 7) is 3.82. The first kappa shape index (κ1) is 12.5. The number of aromatic nitrogens is 1. The lowest BCUT2D eigenvalue weighted by Gasteiger charge is -2.29. The van der Waals surface area contributed by atoms with E-state index in [1.54, 1.807) is 0 Å². The van der Waals surface area contributed by atoms with Gasteiger partial charge in [-0.15, -0.1) is 0 Å². The minimum atomic E-state index is 0.654. The third-order valence-corrected chi connectivity index (χ3v) is 3.89. The first-order valence-corrected chi connectivity index (χ1v) is 6.52. The fourth-order valence-corrected chi connectivity index (χ4v) is 2.87. The lowest BCUT2D eigenvalue weighted by atomic mass is 10.0. The summed E-state index contributed by atoms with van der Waals surface area (Å²) in [6, 6.07) is 4.91. The molecular formula is C14H23N3. The van der Waals surface area contributed by atoms with Crippen molar-refractivity contribution >= 4 is 0 Å². The molecule has 3 nitrogen and oxygen atoms in total. The van der Waals surface area contributed by atoms with E-state index in [2.05, 4.69) is 29.1 Å². The van der Waals surface area contributed by atoms with Crippen LogP contribution in [-0.4, -0.2) is 29.5 Å². The summed E-state index contributed by atoms with van der Waals surface area (Å²) < 4.78 is 0. The van der Waals surface area contributed by atoms with Crippen LogP contribution in [0.3, 0.4) is 0 Å². The predicted molar refractivity (Wildman–Crippen MR) is 70.6 cm³/mol. The molecule has 1 fully saturated rings. The van der Waals surface area contributed by atoms with Crippen LogP contribution in [0.2, 0.25) is 0 Å². The fraction of sp³-hybridized carbons (Fsp3) is 0.643. The lowest BCUT2D eigenvalue weighted by molar-refractivity contribution is 0.192. The molecule has 0 radical (unpaired) electrons. The molecule has 0 amide bonds. The maximum absolute atomic E-state index is 5.84. The molecule has 0 bridgehead atoms. The smallest absolute Gasteiger partial charge is 0.0372 e. The van der Waals surface area contributed by atoms with Crippen LogP contribution in [0.25, 0.3) is 0 Å². The van der Waals surface area contributed by atoms with Gasteiger partial charge in [0, 0.05) is 24.5 Å². The second kappa shape index (κ2) is 5.61. The van der Waals surface area contributed by atoms with Crippen LogP contribution >= 0.6 is 0 Å². The zero-order valence-corrected chi connectivity index (χ0v) is 10.9. The Bertz CT molecular complexity index is 347. The predicted octanol–water partition coefficient (Wildman–Crippen LogP) is 1.95. The highest BCUT2D eigenvalue weighted by molar-refractivity contribution is 5.13. The van der Waals surface area contributed by atoms with Crippen molar-refractivity contribution < 1.29 is 0 Å². The van der Waals surface area contributed by atoms with Crippen molar-refractivity contribution in [2.75, 3.05) is 13.6 Å². The molecule has 1 aliphatic carbocycles. The molecular weight excluding hydrogens is 210 g/mol. The Kier molecular flexibility index (Phi) is 4.13. The van der Waals surface area contributed by atoms with Gasteiger partial charge in [0.1, 0.15) is 0 Å². The number of pyridine rings is 1. The summed E-state index contributed by atoms with van der Waals surface area (Å²) in [5.41, 5.74) is 8.21. The summed E-state index contributed by atoms with van der Waals surface area (Å²) in [7, 11) is 2.21. The van der Waals surface area contributed by atoms with Gasteiger partial charge >= 0.3 is 0 Å². The summed E-state index contributed by atoms with van der Waals surface area (Å²) in [6.07, 6.45) is 5.89. The van der Waals surface area contributed by atoms with E-state index in [4.69, 9.17) is 5.73 Å². The van der Waals surface area contributed by atoms with E-state index >= 15 is 0 Å². The van der Waals surface area contributed by atoms with Crippen LogP contribution in [0.15, 0.2) is 18.3 Å². The monoisotopic (exact) mass is 233 g/mol. The Hall–Kier alpha value is -0.930. The number of hydrogen-bond donors (Lipinski definition) is 1. The molecule has 3 heteroatoms. The SMILES string of the molecule is Cc1ccc(CN(C)C2CCCC2CN)cn1. The van der Waals surface area contributed by atoms with Gasteiger partial charge in [-0.3, -0.25) is 9.88 Å². The number of nitrogens with two attached hydrogens (primary N) is 1. The van der Waals surface area contributed by atoms with Gasteiger partial charge < -0.3 is 5.73 Å². The van der Waals surface area contributed by atoms with Gasteiger partial charge in [0.05, 0.1) is 0 Å². The molecule has 1 aliphatic rings. The van der Waals surface area contributed by atoms with Crippen molar-refractivity contribution in [1.82, 2.24) is 9.88 Å². The minimum absolute atomic E-state index is 0.654. The van der Waals surface area contributed by atoms with Crippen LogP contribution in [0, 0.1) is 12.8 Å². The zero-order chi connectivity index (χ0) is 12.3. The number of hydrogen-bond acceptors (Lipinski definition) is 3. The molecule has 1 saturated carbocycles. The maximum Gasteiger partial charge on any atom is 0.0372 e. The van der Waals surface area contributed by atoms with Crippen LogP contribution in [-0.2, 0) is 6.54 Å². The summed E-state index contributed by atoms with van der Waals surface area (Å²) >= 11 is 0. The second-order valence-corrected chi connectivity index (χ2v) is 5.22. The van der Waals surface area contributed by atoms with Gasteiger partial charge in [0.25, 0.3) is 0 Å². The molecule has 0 spiro atoms. The van der Waals surface area contributed by atoms with Gasteiger partial charge in [0.15, 0.2) is 0 Å². The van der Waals surface area contributed by atoms with Crippen LogP contribution < -0.4 is 5.73 Å². The van der Waals surface area contributed by atoms with E-state index in [-0.39, 0.29) is 0 Å². The molecule has 0 aromatic carbocycles. The fourth-order valence-electron chi connectivity index (χ4n) is 2.87. The number of aryl methyl sites for hydroxylation is 1. The van der Waals surface area contributed by atoms with Crippen molar-refractivity contribution in [1.29, 1.82) is 0 Å². The Balaban J connectivity index is 1.96. The van der Waals surface area contributed by atoms with Crippen molar-refractivity contribution in [2.45, 2.75) is 38.8 Å². The summed E-state index contributed by atoms with van der Waals surface area (Å²) in [4.78, 5) is 6.79. The molecule has 17 heavy (non-hydrogen) atoms. The van der Waals surface area contributed by atoms with E-state index in [0.29, 0.717) is 12.0 Å². The summed E-state index contributed by atoms with van der Waals surface area (Å²) in [5.74, 6) is 0.679. The molecule has 2 rings (SSSR count). The van der Waals surface area contributed by atoms with Crippen LogP contribution in [0.1, 0.15) is 30.5 Å². The van der Waals surface area contributed by atoms with Gasteiger partial charge in [-0.2, -0.15) is 0 Å².